The van der Waals surface area contributed by atoms with Crippen LogP contribution in [-0.4, -0.2) is 30.2 Å². The zero-order chi connectivity index (χ0) is 10.6. The zero-order valence-corrected chi connectivity index (χ0v) is 9.03. The van der Waals surface area contributed by atoms with E-state index in [4.69, 9.17) is 10.6 Å². The summed E-state index contributed by atoms with van der Waals surface area (Å²) in [6, 6.07) is -0.409. The molecule has 0 spiro atoms. The molecule has 82 valence electrons. The number of hydrogen-bond donors (Lipinski definition) is 1. The number of hydrogen-bond acceptors (Lipinski definition) is 3. The van der Waals surface area contributed by atoms with Crippen LogP contribution in [0.3, 0.4) is 0 Å². The lowest BCUT2D eigenvalue weighted by Gasteiger charge is -2.28. The van der Waals surface area contributed by atoms with Crippen LogP contribution in [0.1, 0.15) is 33.1 Å². The molecule has 1 heterocycles. The summed E-state index contributed by atoms with van der Waals surface area (Å²) in [6.07, 6.45) is 2.77. The van der Waals surface area contributed by atoms with Gasteiger partial charge in [-0.2, -0.15) is 0 Å². The Labute approximate surface area is 85.3 Å². The molecule has 1 atom stereocenters. The summed E-state index contributed by atoms with van der Waals surface area (Å²) in [5.41, 5.74) is 5.78. The van der Waals surface area contributed by atoms with E-state index in [2.05, 4.69) is 13.8 Å². The molecule has 0 unspecified atom stereocenters. The fourth-order valence-corrected chi connectivity index (χ4v) is 1.56. The Bertz CT molecular complexity index is 189. The summed E-state index contributed by atoms with van der Waals surface area (Å²) < 4.78 is 0. The van der Waals surface area contributed by atoms with Gasteiger partial charge < -0.3 is 5.73 Å². The summed E-state index contributed by atoms with van der Waals surface area (Å²) in [6.45, 7) is 5.44. The fourth-order valence-electron chi connectivity index (χ4n) is 1.56. The fraction of sp³-hybridized carbons (Fsp3) is 0.900. The van der Waals surface area contributed by atoms with Crippen LogP contribution in [0.15, 0.2) is 0 Å². The molecule has 4 heteroatoms. The second kappa shape index (κ2) is 5.32. The van der Waals surface area contributed by atoms with Crippen molar-refractivity contribution in [3.63, 3.8) is 0 Å². The van der Waals surface area contributed by atoms with Gasteiger partial charge in [0.1, 0.15) is 0 Å². The predicted molar refractivity (Wildman–Crippen MR) is 54.3 cm³/mol. The van der Waals surface area contributed by atoms with Gasteiger partial charge in [-0.05, 0) is 25.2 Å². The Hall–Kier alpha value is -0.610. The molecule has 0 aromatic rings. The first kappa shape index (κ1) is 11.5. The Morgan fingerprint density at radius 2 is 2.21 bits per heavy atom. The highest BCUT2D eigenvalue weighted by atomic mass is 16.7. The van der Waals surface area contributed by atoms with E-state index in [1.54, 1.807) is 0 Å². The lowest BCUT2D eigenvalue weighted by Crippen LogP contribution is -2.46. The Morgan fingerprint density at radius 3 is 2.71 bits per heavy atom. The summed E-state index contributed by atoms with van der Waals surface area (Å²) in [7, 11) is 0. The molecule has 1 aliphatic rings. The molecule has 0 aromatic carbocycles. The minimum absolute atomic E-state index is 0.0709. The minimum atomic E-state index is -0.409. The van der Waals surface area contributed by atoms with Crippen LogP contribution in [-0.2, 0) is 9.63 Å². The highest BCUT2D eigenvalue weighted by Crippen LogP contribution is 2.10. The molecule has 14 heavy (non-hydrogen) atoms. The van der Waals surface area contributed by atoms with E-state index in [0.717, 1.165) is 19.3 Å². The minimum Gasteiger partial charge on any atom is -0.320 e. The van der Waals surface area contributed by atoms with Crippen LogP contribution >= 0.6 is 0 Å². The van der Waals surface area contributed by atoms with Crippen LogP contribution in [0.5, 0.6) is 0 Å². The molecule has 1 fully saturated rings. The van der Waals surface area contributed by atoms with Crippen LogP contribution < -0.4 is 5.73 Å². The molecular weight excluding hydrogens is 180 g/mol. The van der Waals surface area contributed by atoms with Gasteiger partial charge in [-0.15, -0.1) is 0 Å². The van der Waals surface area contributed by atoms with Gasteiger partial charge in [-0.25, -0.2) is 5.06 Å². The maximum atomic E-state index is 11.7. The molecule has 1 saturated heterocycles. The molecule has 1 rings (SSSR count). The number of amides is 1. The van der Waals surface area contributed by atoms with Gasteiger partial charge in [0.25, 0.3) is 5.91 Å². The zero-order valence-electron chi connectivity index (χ0n) is 9.03. The highest BCUT2D eigenvalue weighted by molar-refractivity contribution is 5.80. The molecular formula is C10H20N2O2. The van der Waals surface area contributed by atoms with Crippen molar-refractivity contribution in [2.45, 2.75) is 39.2 Å². The van der Waals surface area contributed by atoms with Gasteiger partial charge in [0.15, 0.2) is 0 Å². The second-order valence-corrected chi connectivity index (χ2v) is 4.22. The topological polar surface area (TPSA) is 55.6 Å². The van der Waals surface area contributed by atoms with Crippen molar-refractivity contribution in [2.75, 3.05) is 13.2 Å². The number of nitrogens with two attached hydrogens (primary N) is 1. The quantitative estimate of drug-likeness (QED) is 0.737. The summed E-state index contributed by atoms with van der Waals surface area (Å²) in [4.78, 5) is 17.0. The van der Waals surface area contributed by atoms with Gasteiger partial charge in [-0.3, -0.25) is 9.63 Å². The number of carbonyl (C=O) groups excluding carboxylic acids is 1. The smallest absolute Gasteiger partial charge is 0.263 e. The van der Waals surface area contributed by atoms with Gasteiger partial charge in [0.05, 0.1) is 12.6 Å². The first-order valence-corrected chi connectivity index (χ1v) is 5.31. The van der Waals surface area contributed by atoms with E-state index in [0.29, 0.717) is 19.1 Å². The van der Waals surface area contributed by atoms with E-state index in [-0.39, 0.29) is 5.91 Å². The molecule has 1 aliphatic heterocycles. The summed E-state index contributed by atoms with van der Waals surface area (Å²) in [5, 5.41) is 1.43. The lowest BCUT2D eigenvalue weighted by molar-refractivity contribution is -0.198. The first-order valence-electron chi connectivity index (χ1n) is 5.31. The van der Waals surface area contributed by atoms with Crippen molar-refractivity contribution >= 4 is 5.91 Å². The van der Waals surface area contributed by atoms with Gasteiger partial charge in [-0.1, -0.05) is 13.8 Å². The average molecular weight is 200 g/mol. The normalized spacial score (nSPS) is 19.9. The predicted octanol–water partition coefficient (Wildman–Crippen LogP) is 0.914. The molecule has 0 saturated carbocycles. The molecule has 1 amide bonds. The number of carbonyl (C=O) groups is 1. The second-order valence-electron chi connectivity index (χ2n) is 4.22. The maximum absolute atomic E-state index is 11.7. The van der Waals surface area contributed by atoms with E-state index in [9.17, 15) is 4.79 Å². The third-order valence-corrected chi connectivity index (χ3v) is 2.29. The SMILES string of the molecule is CC(C)C[C@@H](N)C(=O)N1CCCCO1. The van der Waals surface area contributed by atoms with Crippen LogP contribution in [0, 0.1) is 5.92 Å². The largest absolute Gasteiger partial charge is 0.320 e. The monoisotopic (exact) mass is 200 g/mol. The Kier molecular flexibility index (Phi) is 4.35. The van der Waals surface area contributed by atoms with Crippen molar-refractivity contribution in [3.05, 3.63) is 0 Å². The van der Waals surface area contributed by atoms with Crippen LogP contribution in [0.4, 0.5) is 0 Å². The standard InChI is InChI=1S/C10H20N2O2/c1-8(2)7-9(11)10(13)12-5-3-4-6-14-12/h8-9H,3-7,11H2,1-2H3/t9-/m1/s1. The van der Waals surface area contributed by atoms with E-state index in [1.165, 1.54) is 5.06 Å². The van der Waals surface area contributed by atoms with E-state index >= 15 is 0 Å². The molecule has 0 aromatic heterocycles. The molecule has 0 aliphatic carbocycles. The highest BCUT2D eigenvalue weighted by Gasteiger charge is 2.24. The van der Waals surface area contributed by atoms with Gasteiger partial charge in [0, 0.05) is 6.54 Å². The Balaban J connectivity index is 2.38. The first-order chi connectivity index (χ1) is 6.61. The van der Waals surface area contributed by atoms with Crippen molar-refractivity contribution in [3.8, 4) is 0 Å². The van der Waals surface area contributed by atoms with Gasteiger partial charge >= 0.3 is 0 Å². The molecule has 2 N–H and O–H groups in total. The summed E-state index contributed by atoms with van der Waals surface area (Å²) >= 11 is 0. The van der Waals surface area contributed by atoms with Gasteiger partial charge in [0.2, 0.25) is 0 Å². The maximum Gasteiger partial charge on any atom is 0.263 e. The van der Waals surface area contributed by atoms with E-state index < -0.39 is 6.04 Å². The number of hydroxylamine groups is 2. The average Bonchev–Trinajstić information content (AvgIpc) is 2.17. The molecule has 4 nitrogen and oxygen atoms in total. The molecule has 0 bridgehead atoms. The lowest BCUT2D eigenvalue weighted by atomic mass is 10.0. The van der Waals surface area contributed by atoms with Crippen molar-refractivity contribution in [2.24, 2.45) is 11.7 Å². The van der Waals surface area contributed by atoms with Crippen molar-refractivity contribution < 1.29 is 9.63 Å². The van der Waals surface area contributed by atoms with Crippen LogP contribution in [0.2, 0.25) is 0 Å². The molecule has 0 radical (unpaired) electrons. The third-order valence-electron chi connectivity index (χ3n) is 2.29. The third kappa shape index (κ3) is 3.27. The number of nitrogens with zero attached hydrogens (tertiary/aromatic N) is 1. The van der Waals surface area contributed by atoms with Crippen molar-refractivity contribution in [1.29, 1.82) is 0 Å². The van der Waals surface area contributed by atoms with Crippen molar-refractivity contribution in [1.82, 2.24) is 5.06 Å². The van der Waals surface area contributed by atoms with Crippen LogP contribution in [0.25, 0.3) is 0 Å². The Morgan fingerprint density at radius 1 is 1.50 bits per heavy atom. The van der Waals surface area contributed by atoms with E-state index in [1.807, 2.05) is 0 Å². The number of rotatable bonds is 3. The summed E-state index contributed by atoms with van der Waals surface area (Å²) in [5.74, 6) is 0.372.